The molecule has 0 aromatic heterocycles. The molecule has 19 heavy (non-hydrogen) atoms. The molecule has 6 heteroatoms. The van der Waals surface area contributed by atoms with E-state index in [9.17, 15) is 4.79 Å². The quantitative estimate of drug-likeness (QED) is 0.280. The van der Waals surface area contributed by atoms with Crippen molar-refractivity contribution in [3.63, 3.8) is 0 Å². The van der Waals surface area contributed by atoms with Gasteiger partial charge in [0.1, 0.15) is 0 Å². The number of rotatable bonds is 8. The van der Waals surface area contributed by atoms with Crippen molar-refractivity contribution in [1.82, 2.24) is 5.43 Å². The van der Waals surface area contributed by atoms with Gasteiger partial charge in [-0.25, -0.2) is 5.84 Å². The molecule has 0 fully saturated rings. The molecular weight excluding hydrogens is 248 g/mol. The number of benzene rings is 1. The summed E-state index contributed by atoms with van der Waals surface area (Å²) in [6.07, 6.45) is 1.85. The maximum atomic E-state index is 10.9. The van der Waals surface area contributed by atoms with Crippen LogP contribution >= 0.6 is 0 Å². The molecule has 0 heterocycles. The molecular formula is C13H20N2O4. The third-order valence-electron chi connectivity index (χ3n) is 2.63. The average Bonchev–Trinajstić information content (AvgIpc) is 2.46. The number of methoxy groups -OCH3 is 1. The number of nitrogens with two attached hydrogens (primary N) is 1. The second kappa shape index (κ2) is 8.34. The minimum absolute atomic E-state index is 0.0369. The lowest BCUT2D eigenvalue weighted by atomic mass is 10.2. The molecule has 6 nitrogen and oxygen atoms in total. The number of unbranched alkanes of at least 4 members (excludes halogenated alkanes) is 1. The lowest BCUT2D eigenvalue weighted by molar-refractivity contribution is -0.121. The van der Waals surface area contributed by atoms with Crippen LogP contribution in [0.1, 0.15) is 24.8 Å². The van der Waals surface area contributed by atoms with E-state index in [1.807, 2.05) is 0 Å². The highest BCUT2D eigenvalue weighted by atomic mass is 16.5. The van der Waals surface area contributed by atoms with Crippen LogP contribution in [0.25, 0.3) is 0 Å². The summed E-state index contributed by atoms with van der Waals surface area (Å²) in [7, 11) is 1.55. The molecule has 0 radical (unpaired) electrons. The number of hydrogen-bond acceptors (Lipinski definition) is 5. The first-order chi connectivity index (χ1) is 9.21. The fourth-order valence-corrected chi connectivity index (χ4v) is 1.57. The highest BCUT2D eigenvalue weighted by Crippen LogP contribution is 2.28. The zero-order valence-electron chi connectivity index (χ0n) is 11.0. The first-order valence-corrected chi connectivity index (χ1v) is 6.11. The topological polar surface area (TPSA) is 93.8 Å². The monoisotopic (exact) mass is 268 g/mol. The fourth-order valence-electron chi connectivity index (χ4n) is 1.57. The van der Waals surface area contributed by atoms with Gasteiger partial charge in [0.15, 0.2) is 11.5 Å². The zero-order chi connectivity index (χ0) is 14.1. The van der Waals surface area contributed by atoms with Gasteiger partial charge in [0, 0.05) is 6.42 Å². The predicted molar refractivity (Wildman–Crippen MR) is 70.6 cm³/mol. The van der Waals surface area contributed by atoms with Crippen LogP contribution in [0.4, 0.5) is 0 Å². The third kappa shape index (κ3) is 5.15. The van der Waals surface area contributed by atoms with Crippen LogP contribution in [-0.2, 0) is 11.4 Å². The first kappa shape index (κ1) is 15.3. The fraction of sp³-hybridized carbons (Fsp3) is 0.462. The standard InChI is InChI=1S/C13H20N2O4/c1-18-12-8-10(9-16)5-6-11(12)19-7-3-2-4-13(17)15-14/h5-6,8,16H,2-4,7,9,14H2,1H3,(H,15,17). The van der Waals surface area contributed by atoms with E-state index in [2.05, 4.69) is 5.43 Å². The van der Waals surface area contributed by atoms with Gasteiger partial charge in [-0.15, -0.1) is 0 Å². The average molecular weight is 268 g/mol. The van der Waals surface area contributed by atoms with E-state index < -0.39 is 0 Å². The van der Waals surface area contributed by atoms with Crippen molar-refractivity contribution in [3.8, 4) is 11.5 Å². The number of hydrazine groups is 1. The normalized spacial score (nSPS) is 10.1. The van der Waals surface area contributed by atoms with Crippen LogP contribution in [0.15, 0.2) is 18.2 Å². The molecule has 0 bridgehead atoms. The van der Waals surface area contributed by atoms with E-state index in [1.54, 1.807) is 25.3 Å². The Morgan fingerprint density at radius 3 is 2.79 bits per heavy atom. The lowest BCUT2D eigenvalue weighted by Gasteiger charge is -2.11. The molecule has 1 aromatic carbocycles. The van der Waals surface area contributed by atoms with E-state index in [4.69, 9.17) is 20.4 Å². The van der Waals surface area contributed by atoms with Crippen molar-refractivity contribution in [3.05, 3.63) is 23.8 Å². The molecule has 1 aromatic rings. The summed E-state index contributed by atoms with van der Waals surface area (Å²) in [6.45, 7) is 0.456. The van der Waals surface area contributed by atoms with Gasteiger partial charge in [0.05, 0.1) is 20.3 Å². The van der Waals surface area contributed by atoms with Crippen LogP contribution in [0.3, 0.4) is 0 Å². The van der Waals surface area contributed by atoms with Crippen molar-refractivity contribution in [1.29, 1.82) is 0 Å². The van der Waals surface area contributed by atoms with E-state index >= 15 is 0 Å². The summed E-state index contributed by atoms with van der Waals surface area (Å²) < 4.78 is 10.8. The molecule has 106 valence electrons. The summed E-state index contributed by atoms with van der Waals surface area (Å²) >= 11 is 0. The number of nitrogens with one attached hydrogen (secondary N) is 1. The Kier molecular flexibility index (Phi) is 6.70. The summed E-state index contributed by atoms with van der Waals surface area (Å²) in [4.78, 5) is 10.9. The molecule has 0 atom stereocenters. The first-order valence-electron chi connectivity index (χ1n) is 6.11. The van der Waals surface area contributed by atoms with E-state index in [1.165, 1.54) is 0 Å². The SMILES string of the molecule is COc1cc(CO)ccc1OCCCCC(=O)NN. The third-order valence-corrected chi connectivity index (χ3v) is 2.63. The maximum absolute atomic E-state index is 10.9. The highest BCUT2D eigenvalue weighted by molar-refractivity contribution is 5.75. The second-order valence-electron chi connectivity index (χ2n) is 4.02. The van der Waals surface area contributed by atoms with Crippen LogP contribution in [0.5, 0.6) is 11.5 Å². The number of aliphatic hydroxyl groups is 1. The Morgan fingerprint density at radius 2 is 2.16 bits per heavy atom. The van der Waals surface area contributed by atoms with Gasteiger partial charge in [-0.05, 0) is 30.5 Å². The van der Waals surface area contributed by atoms with Crippen molar-refractivity contribution >= 4 is 5.91 Å². The second-order valence-corrected chi connectivity index (χ2v) is 4.02. The Balaban J connectivity index is 2.38. The summed E-state index contributed by atoms with van der Waals surface area (Å²) in [5.74, 6) is 6.02. The summed E-state index contributed by atoms with van der Waals surface area (Å²) in [5.41, 5.74) is 2.85. The molecule has 0 saturated heterocycles. The smallest absolute Gasteiger partial charge is 0.233 e. The molecule has 0 spiro atoms. The maximum Gasteiger partial charge on any atom is 0.233 e. The number of carbonyl (C=O) groups excluding carboxylic acids is 1. The van der Waals surface area contributed by atoms with E-state index in [0.29, 0.717) is 30.9 Å². The van der Waals surface area contributed by atoms with Crippen molar-refractivity contribution in [2.45, 2.75) is 25.9 Å². The summed E-state index contributed by atoms with van der Waals surface area (Å²) in [5, 5.41) is 9.03. The molecule has 0 unspecified atom stereocenters. The Hall–Kier alpha value is -1.79. The predicted octanol–water partition coefficient (Wildman–Crippen LogP) is 0.726. The van der Waals surface area contributed by atoms with Gasteiger partial charge >= 0.3 is 0 Å². The number of carbonyl (C=O) groups is 1. The molecule has 1 rings (SSSR count). The van der Waals surface area contributed by atoms with E-state index in [-0.39, 0.29) is 12.5 Å². The Labute approximate surface area is 112 Å². The number of aliphatic hydroxyl groups excluding tert-OH is 1. The Bertz CT molecular complexity index is 410. The summed E-state index contributed by atoms with van der Waals surface area (Å²) in [6, 6.07) is 5.27. The highest BCUT2D eigenvalue weighted by Gasteiger charge is 2.05. The van der Waals surface area contributed by atoms with Crippen LogP contribution in [-0.4, -0.2) is 24.7 Å². The minimum Gasteiger partial charge on any atom is -0.493 e. The van der Waals surface area contributed by atoms with Gasteiger partial charge < -0.3 is 14.6 Å². The largest absolute Gasteiger partial charge is 0.493 e. The van der Waals surface area contributed by atoms with Gasteiger partial charge in [-0.3, -0.25) is 10.2 Å². The van der Waals surface area contributed by atoms with Gasteiger partial charge in [0.25, 0.3) is 0 Å². The molecule has 4 N–H and O–H groups in total. The number of ether oxygens (including phenoxy) is 2. The molecule has 0 aliphatic carbocycles. The minimum atomic E-state index is -0.176. The molecule has 0 aliphatic rings. The van der Waals surface area contributed by atoms with Gasteiger partial charge in [0.2, 0.25) is 5.91 Å². The van der Waals surface area contributed by atoms with Gasteiger partial charge in [-0.1, -0.05) is 6.07 Å². The lowest BCUT2D eigenvalue weighted by Crippen LogP contribution is -2.29. The van der Waals surface area contributed by atoms with Crippen LogP contribution in [0, 0.1) is 0 Å². The van der Waals surface area contributed by atoms with Crippen LogP contribution in [0.2, 0.25) is 0 Å². The molecule has 0 saturated carbocycles. The van der Waals surface area contributed by atoms with Crippen molar-refractivity contribution in [2.24, 2.45) is 5.84 Å². The zero-order valence-corrected chi connectivity index (χ0v) is 11.0. The van der Waals surface area contributed by atoms with Gasteiger partial charge in [-0.2, -0.15) is 0 Å². The number of amides is 1. The molecule has 1 amide bonds. The molecule has 0 aliphatic heterocycles. The van der Waals surface area contributed by atoms with Crippen LogP contribution < -0.4 is 20.7 Å². The van der Waals surface area contributed by atoms with Crippen molar-refractivity contribution in [2.75, 3.05) is 13.7 Å². The van der Waals surface area contributed by atoms with Crippen molar-refractivity contribution < 1.29 is 19.4 Å². The van der Waals surface area contributed by atoms with E-state index in [0.717, 1.165) is 12.0 Å². The number of hydrogen-bond donors (Lipinski definition) is 3. The Morgan fingerprint density at radius 1 is 1.37 bits per heavy atom.